The van der Waals surface area contributed by atoms with E-state index in [0.29, 0.717) is 18.4 Å². The summed E-state index contributed by atoms with van der Waals surface area (Å²) in [6, 6.07) is 8.98. The normalized spacial score (nSPS) is 20.3. The highest BCUT2D eigenvalue weighted by Crippen LogP contribution is 2.44. The fourth-order valence-electron chi connectivity index (χ4n) is 3.76. The minimum absolute atomic E-state index is 0.197. The first-order valence-electron chi connectivity index (χ1n) is 12.2. The molecule has 176 valence electrons. The molecule has 0 heterocycles. The predicted octanol–water partition coefficient (Wildman–Crippen LogP) is 6.77. The number of halogens is 4. The topological polar surface area (TPSA) is 33.5 Å². The average Bonchev–Trinajstić information content (AvgIpc) is 3.55. The summed E-state index contributed by atoms with van der Waals surface area (Å²) in [6.07, 6.45) is -5.35. The van der Waals surface area contributed by atoms with E-state index in [0.717, 1.165) is 18.1 Å². The van der Waals surface area contributed by atoms with Crippen LogP contribution in [-0.2, 0) is 4.79 Å². The van der Waals surface area contributed by atoms with Crippen LogP contribution >= 0.6 is 0 Å². The number of alkyl halides is 4. The molecule has 1 fully saturated rings. The molecule has 0 radical (unpaired) electrons. The van der Waals surface area contributed by atoms with Crippen LogP contribution in [0.4, 0.5) is 17.6 Å². The van der Waals surface area contributed by atoms with E-state index in [-0.39, 0.29) is 12.0 Å². The number of Topliss-reactive ketones (excluding diaryl/α,β-unsaturated/α-hetero) is 1. The Morgan fingerprint density at radius 1 is 1.12 bits per heavy atom. The van der Waals surface area contributed by atoms with Crippen LogP contribution in [0.2, 0.25) is 0 Å². The first-order valence-corrected chi connectivity index (χ1v) is 10.7. The van der Waals surface area contributed by atoms with Gasteiger partial charge in [0.15, 0.2) is 5.78 Å². The number of carbonyl (C=O) groups excluding carboxylic acids is 1. The zero-order valence-corrected chi connectivity index (χ0v) is 18.5. The second kappa shape index (κ2) is 9.26. The number of rotatable bonds is 9. The number of aryl methyl sites for hydroxylation is 1. The molecule has 7 heteroatoms. The standard InChI is InChI=1S/C26H28F4N2O/c1-17-5-7-18(8-6-17)19-9-11-20(12-10-19)23(26(28,29)30)32-21(15-24(2,3)27)22(33)16-25(31-4)13-14-25/h5-12,21,23,32H,13-16H2,1-3H3/t21-,23-/m0/s1/i2D3/t21-,23-,24?. The van der Waals surface area contributed by atoms with E-state index >= 15 is 4.39 Å². The number of benzene rings is 2. The molecule has 3 rings (SSSR count). The van der Waals surface area contributed by atoms with Crippen LogP contribution in [0, 0.1) is 13.5 Å². The Bertz CT molecular complexity index is 1120. The van der Waals surface area contributed by atoms with E-state index in [1.807, 2.05) is 31.2 Å². The predicted molar refractivity (Wildman–Crippen MR) is 120 cm³/mol. The Morgan fingerprint density at radius 3 is 2.12 bits per heavy atom. The molecule has 0 saturated heterocycles. The van der Waals surface area contributed by atoms with Gasteiger partial charge in [0.05, 0.1) is 12.5 Å². The molecule has 2 aromatic carbocycles. The van der Waals surface area contributed by atoms with Crippen molar-refractivity contribution in [3.8, 4) is 11.1 Å². The van der Waals surface area contributed by atoms with Crippen LogP contribution in [0.5, 0.6) is 0 Å². The molecule has 3 nitrogen and oxygen atoms in total. The largest absolute Gasteiger partial charge is 0.407 e. The van der Waals surface area contributed by atoms with E-state index in [4.69, 9.17) is 10.7 Å². The number of nitrogens with one attached hydrogen (secondary N) is 1. The van der Waals surface area contributed by atoms with E-state index < -0.39 is 48.5 Å². The average molecular weight is 464 g/mol. The van der Waals surface area contributed by atoms with Gasteiger partial charge in [-0.1, -0.05) is 54.1 Å². The fourth-order valence-corrected chi connectivity index (χ4v) is 3.76. The molecular formula is C26H28F4N2O. The van der Waals surface area contributed by atoms with Crippen molar-refractivity contribution in [2.45, 2.75) is 75.9 Å². The van der Waals surface area contributed by atoms with Crippen molar-refractivity contribution in [2.24, 2.45) is 0 Å². The summed E-state index contributed by atoms with van der Waals surface area (Å²) in [7, 11) is 0. The summed E-state index contributed by atoms with van der Waals surface area (Å²) in [5.74, 6) is -0.804. The van der Waals surface area contributed by atoms with Crippen molar-refractivity contribution in [3.63, 3.8) is 0 Å². The molecule has 3 atom stereocenters. The van der Waals surface area contributed by atoms with Crippen LogP contribution < -0.4 is 5.32 Å². The number of hydrogen-bond donors (Lipinski definition) is 1. The molecule has 0 aliphatic heterocycles. The number of nitrogens with zero attached hydrogens (tertiary/aromatic N) is 1. The minimum atomic E-state index is -4.85. The molecule has 1 aliphatic carbocycles. The maximum absolute atomic E-state index is 15.1. The lowest BCUT2D eigenvalue weighted by molar-refractivity contribution is -0.161. The van der Waals surface area contributed by atoms with Gasteiger partial charge in [-0.05, 0) is 37.4 Å². The summed E-state index contributed by atoms with van der Waals surface area (Å²) in [5, 5.41) is 2.21. The SMILES string of the molecule is [2H]C([2H])([2H])C(C)(F)C[C@H](N[C@@H](c1ccc(-c2ccc(C)cc2)cc1)C(F)(F)F)C(=O)CC1([N+]#[C-])CC1. The van der Waals surface area contributed by atoms with Crippen molar-refractivity contribution in [1.29, 1.82) is 0 Å². The maximum Gasteiger partial charge on any atom is 0.407 e. The molecule has 1 N–H and O–H groups in total. The van der Waals surface area contributed by atoms with E-state index in [2.05, 4.69) is 10.2 Å². The lowest BCUT2D eigenvalue weighted by Gasteiger charge is -2.30. The third-order valence-corrected chi connectivity index (χ3v) is 5.87. The van der Waals surface area contributed by atoms with Gasteiger partial charge in [-0.15, -0.1) is 0 Å². The monoisotopic (exact) mass is 463 g/mol. The molecule has 0 aromatic heterocycles. The number of carbonyl (C=O) groups is 1. The van der Waals surface area contributed by atoms with Crippen molar-refractivity contribution >= 4 is 5.78 Å². The zero-order chi connectivity index (χ0) is 26.9. The van der Waals surface area contributed by atoms with Crippen LogP contribution in [-0.4, -0.2) is 29.2 Å². The Labute approximate surface area is 196 Å². The zero-order valence-electron chi connectivity index (χ0n) is 21.5. The van der Waals surface area contributed by atoms with Gasteiger partial charge in [0.1, 0.15) is 11.7 Å². The quantitative estimate of drug-likeness (QED) is 0.329. The van der Waals surface area contributed by atoms with Crippen LogP contribution in [0.25, 0.3) is 16.0 Å². The third kappa shape index (κ3) is 6.64. The van der Waals surface area contributed by atoms with Gasteiger partial charge in [0.2, 0.25) is 5.54 Å². The Kier molecular flexibility index (Phi) is 5.85. The van der Waals surface area contributed by atoms with E-state index in [1.54, 1.807) is 0 Å². The van der Waals surface area contributed by atoms with Crippen molar-refractivity contribution in [1.82, 2.24) is 5.32 Å². The third-order valence-electron chi connectivity index (χ3n) is 5.87. The number of hydrogen-bond acceptors (Lipinski definition) is 2. The molecule has 0 amide bonds. The van der Waals surface area contributed by atoms with Gasteiger partial charge in [-0.3, -0.25) is 10.1 Å². The highest BCUT2D eigenvalue weighted by atomic mass is 19.4. The fraction of sp³-hybridized carbons (Fsp3) is 0.462. The van der Waals surface area contributed by atoms with Crippen molar-refractivity contribution < 1.29 is 26.5 Å². The molecular weight excluding hydrogens is 432 g/mol. The summed E-state index contributed by atoms with van der Waals surface area (Å²) < 4.78 is 79.8. The van der Waals surface area contributed by atoms with Crippen LogP contribution in [0.15, 0.2) is 48.5 Å². The van der Waals surface area contributed by atoms with Crippen LogP contribution in [0.1, 0.15) is 60.7 Å². The Hall–Kier alpha value is -2.72. The summed E-state index contributed by atoms with van der Waals surface area (Å²) >= 11 is 0. The smallest absolute Gasteiger partial charge is 0.310 e. The molecule has 1 unspecified atom stereocenters. The molecule has 0 bridgehead atoms. The van der Waals surface area contributed by atoms with Gasteiger partial charge >= 0.3 is 6.18 Å². The maximum atomic E-state index is 15.1. The summed E-state index contributed by atoms with van der Waals surface area (Å²) in [4.78, 5) is 16.4. The highest BCUT2D eigenvalue weighted by Gasteiger charge is 2.53. The second-order valence-corrected chi connectivity index (χ2v) is 9.06. The van der Waals surface area contributed by atoms with Crippen LogP contribution in [0.3, 0.4) is 0 Å². The molecule has 0 spiro atoms. The highest BCUT2D eigenvalue weighted by molar-refractivity contribution is 5.86. The van der Waals surface area contributed by atoms with Gasteiger partial charge < -0.3 is 4.85 Å². The first kappa shape index (κ1) is 20.9. The Balaban J connectivity index is 1.91. The second-order valence-electron chi connectivity index (χ2n) is 9.06. The van der Waals surface area contributed by atoms with E-state index in [9.17, 15) is 18.0 Å². The van der Waals surface area contributed by atoms with E-state index in [1.165, 1.54) is 24.3 Å². The van der Waals surface area contributed by atoms with Gasteiger partial charge in [-0.2, -0.15) is 13.2 Å². The van der Waals surface area contributed by atoms with Crippen molar-refractivity contribution in [3.05, 3.63) is 71.1 Å². The van der Waals surface area contributed by atoms with Crippen molar-refractivity contribution in [2.75, 3.05) is 0 Å². The van der Waals surface area contributed by atoms with Gasteiger partial charge in [0, 0.05) is 23.4 Å². The van der Waals surface area contributed by atoms with Gasteiger partial charge in [-0.25, -0.2) is 11.0 Å². The molecule has 33 heavy (non-hydrogen) atoms. The number of ketones is 1. The van der Waals surface area contributed by atoms with Gasteiger partial charge in [0.25, 0.3) is 0 Å². The molecule has 1 saturated carbocycles. The molecule has 1 aliphatic rings. The lowest BCUT2D eigenvalue weighted by atomic mass is 9.92. The summed E-state index contributed by atoms with van der Waals surface area (Å²) in [6.45, 7) is 6.79. The Morgan fingerprint density at radius 2 is 1.67 bits per heavy atom. The molecule has 2 aromatic rings. The first-order chi connectivity index (χ1) is 16.6. The minimum Gasteiger partial charge on any atom is -0.310 e. The summed E-state index contributed by atoms with van der Waals surface area (Å²) in [5.41, 5.74) is -1.56. The lowest BCUT2D eigenvalue weighted by Crippen LogP contribution is -2.47.